The summed E-state index contributed by atoms with van der Waals surface area (Å²) in [6.45, 7) is 3.36. The summed E-state index contributed by atoms with van der Waals surface area (Å²) >= 11 is 0. The van der Waals surface area contributed by atoms with E-state index in [9.17, 15) is 0 Å². The van der Waals surface area contributed by atoms with Gasteiger partial charge in [0.25, 0.3) is 0 Å². The topological polar surface area (TPSA) is 56.8 Å². The maximum absolute atomic E-state index is 5.66. The zero-order valence-corrected chi connectivity index (χ0v) is 13.9. The van der Waals surface area contributed by atoms with Crippen LogP contribution < -0.4 is 9.47 Å². The highest BCUT2D eigenvalue weighted by Crippen LogP contribution is 2.26. The van der Waals surface area contributed by atoms with Gasteiger partial charge in [0.05, 0.1) is 6.61 Å². The number of rotatable bonds is 6. The number of aromatic nitrogens is 2. The number of nitrogens with zero attached hydrogens (tertiary/aromatic N) is 2. The van der Waals surface area contributed by atoms with E-state index < -0.39 is 0 Å². The molecular formula is C20H18N2O3. The van der Waals surface area contributed by atoms with Crippen molar-refractivity contribution in [3.05, 3.63) is 66.5 Å². The molecule has 5 nitrogen and oxygen atoms in total. The fourth-order valence-electron chi connectivity index (χ4n) is 2.35. The minimum atomic E-state index is 0.268. The van der Waals surface area contributed by atoms with E-state index in [1.54, 1.807) is 12.4 Å². The maximum Gasteiger partial charge on any atom is 0.321 e. The molecule has 0 N–H and O–H groups in total. The van der Waals surface area contributed by atoms with Crippen LogP contribution in [-0.4, -0.2) is 29.3 Å². The van der Waals surface area contributed by atoms with Gasteiger partial charge in [0.1, 0.15) is 24.2 Å². The van der Waals surface area contributed by atoms with Crippen LogP contribution in [0.5, 0.6) is 17.5 Å². The molecule has 1 atom stereocenters. The molecule has 0 spiro atoms. The van der Waals surface area contributed by atoms with Crippen LogP contribution in [0.3, 0.4) is 0 Å². The van der Waals surface area contributed by atoms with Gasteiger partial charge in [-0.1, -0.05) is 24.3 Å². The van der Waals surface area contributed by atoms with Crippen molar-refractivity contribution in [2.75, 3.05) is 13.2 Å². The molecule has 25 heavy (non-hydrogen) atoms. The minimum absolute atomic E-state index is 0.268. The summed E-state index contributed by atoms with van der Waals surface area (Å²) in [5.74, 6) is 1.56. The normalized spacial score (nSPS) is 15.6. The largest absolute Gasteiger partial charge is 0.491 e. The van der Waals surface area contributed by atoms with Gasteiger partial charge >= 0.3 is 6.01 Å². The lowest BCUT2D eigenvalue weighted by atomic mass is 10.1. The third-order valence-electron chi connectivity index (χ3n) is 3.85. The lowest BCUT2D eigenvalue weighted by Crippen LogP contribution is -2.03. The predicted octanol–water partition coefficient (Wildman–Crippen LogP) is 4.02. The second kappa shape index (κ2) is 6.91. The van der Waals surface area contributed by atoms with Crippen LogP contribution >= 0.6 is 0 Å². The van der Waals surface area contributed by atoms with Crippen molar-refractivity contribution in [2.24, 2.45) is 0 Å². The van der Waals surface area contributed by atoms with Gasteiger partial charge in [-0.05, 0) is 47.9 Å². The van der Waals surface area contributed by atoms with Crippen LogP contribution in [0.2, 0.25) is 0 Å². The molecule has 0 bridgehead atoms. The van der Waals surface area contributed by atoms with Crippen molar-refractivity contribution in [1.82, 2.24) is 9.97 Å². The third kappa shape index (κ3) is 4.14. The molecule has 0 saturated carbocycles. The van der Waals surface area contributed by atoms with Crippen molar-refractivity contribution in [2.45, 2.75) is 13.0 Å². The van der Waals surface area contributed by atoms with Gasteiger partial charge in [-0.15, -0.1) is 0 Å². The maximum atomic E-state index is 5.66. The molecule has 4 rings (SSSR count). The highest BCUT2D eigenvalue weighted by atomic mass is 16.6. The average molecular weight is 334 g/mol. The summed E-state index contributed by atoms with van der Waals surface area (Å²) in [5.41, 5.74) is 3.22. The molecular weight excluding hydrogens is 316 g/mol. The van der Waals surface area contributed by atoms with Gasteiger partial charge in [-0.3, -0.25) is 0 Å². The van der Waals surface area contributed by atoms with Gasteiger partial charge in [0.15, 0.2) is 0 Å². The van der Waals surface area contributed by atoms with Crippen LogP contribution in [0.25, 0.3) is 11.1 Å². The molecule has 0 radical (unpaired) electrons. The Kier molecular flexibility index (Phi) is 4.31. The van der Waals surface area contributed by atoms with E-state index in [1.807, 2.05) is 55.5 Å². The van der Waals surface area contributed by atoms with Crippen molar-refractivity contribution in [1.29, 1.82) is 0 Å². The first kappa shape index (κ1) is 15.6. The monoisotopic (exact) mass is 334 g/mol. The summed E-state index contributed by atoms with van der Waals surface area (Å²) in [7, 11) is 0. The molecule has 2 heterocycles. The van der Waals surface area contributed by atoms with Crippen LogP contribution in [0.1, 0.15) is 5.56 Å². The lowest BCUT2D eigenvalue weighted by molar-refractivity contribution is 0.263. The van der Waals surface area contributed by atoms with E-state index in [0.717, 1.165) is 29.0 Å². The second-order valence-corrected chi connectivity index (χ2v) is 5.96. The molecule has 1 unspecified atom stereocenters. The highest BCUT2D eigenvalue weighted by molar-refractivity contribution is 5.64. The van der Waals surface area contributed by atoms with Crippen LogP contribution in [0.15, 0.2) is 60.9 Å². The van der Waals surface area contributed by atoms with Gasteiger partial charge < -0.3 is 14.2 Å². The fraction of sp³-hybridized carbons (Fsp3) is 0.200. The summed E-state index contributed by atoms with van der Waals surface area (Å²) in [5, 5.41) is 0. The molecule has 126 valence electrons. The van der Waals surface area contributed by atoms with Crippen LogP contribution in [0, 0.1) is 6.92 Å². The Morgan fingerprint density at radius 1 is 0.920 bits per heavy atom. The second-order valence-electron chi connectivity index (χ2n) is 5.96. The Balaban J connectivity index is 1.41. The molecule has 1 aliphatic rings. The minimum Gasteiger partial charge on any atom is -0.491 e. The Morgan fingerprint density at radius 2 is 1.48 bits per heavy atom. The SMILES string of the molecule is Cc1cnc(Oc2ccc(-c3ccc(OCC4CO4)cc3)cc2)nc1. The molecule has 5 heteroatoms. The Hall–Kier alpha value is -2.92. The predicted molar refractivity (Wildman–Crippen MR) is 94.0 cm³/mol. The molecule has 0 aliphatic carbocycles. The summed E-state index contributed by atoms with van der Waals surface area (Å²) in [4.78, 5) is 8.28. The molecule has 1 saturated heterocycles. The number of epoxide rings is 1. The van der Waals surface area contributed by atoms with E-state index in [4.69, 9.17) is 14.2 Å². The van der Waals surface area contributed by atoms with Gasteiger partial charge in [-0.2, -0.15) is 0 Å². The molecule has 1 aromatic heterocycles. The number of hydrogen-bond donors (Lipinski definition) is 0. The number of hydrogen-bond acceptors (Lipinski definition) is 5. The first-order chi connectivity index (χ1) is 12.3. The first-order valence-electron chi connectivity index (χ1n) is 8.18. The smallest absolute Gasteiger partial charge is 0.321 e. The van der Waals surface area contributed by atoms with E-state index in [0.29, 0.717) is 18.4 Å². The van der Waals surface area contributed by atoms with Crippen LogP contribution in [0.4, 0.5) is 0 Å². The molecule has 1 fully saturated rings. The summed E-state index contributed by atoms with van der Waals surface area (Å²) in [6.07, 6.45) is 3.73. The zero-order chi connectivity index (χ0) is 17.1. The first-order valence-corrected chi connectivity index (χ1v) is 8.18. The quantitative estimate of drug-likeness (QED) is 0.637. The standard InChI is InChI=1S/C20H18N2O3/c1-14-10-21-20(22-11-14)25-18-8-4-16(5-9-18)15-2-6-17(7-3-15)23-12-19-13-24-19/h2-11,19H,12-13H2,1H3. The van der Waals surface area contributed by atoms with Crippen molar-refractivity contribution < 1.29 is 14.2 Å². The summed E-state index contributed by atoms with van der Waals surface area (Å²) < 4.78 is 16.4. The van der Waals surface area contributed by atoms with E-state index in [2.05, 4.69) is 9.97 Å². The van der Waals surface area contributed by atoms with E-state index >= 15 is 0 Å². The van der Waals surface area contributed by atoms with Crippen LogP contribution in [-0.2, 0) is 4.74 Å². The van der Waals surface area contributed by atoms with E-state index in [-0.39, 0.29) is 6.10 Å². The van der Waals surface area contributed by atoms with Gasteiger partial charge in [0, 0.05) is 12.4 Å². The van der Waals surface area contributed by atoms with Crippen molar-refractivity contribution >= 4 is 0 Å². The van der Waals surface area contributed by atoms with E-state index in [1.165, 1.54) is 0 Å². The van der Waals surface area contributed by atoms with Crippen molar-refractivity contribution in [3.63, 3.8) is 0 Å². The summed E-state index contributed by atoms with van der Waals surface area (Å²) in [6, 6.07) is 16.2. The zero-order valence-electron chi connectivity index (χ0n) is 13.9. The lowest BCUT2D eigenvalue weighted by Gasteiger charge is -2.07. The van der Waals surface area contributed by atoms with Crippen molar-refractivity contribution in [3.8, 4) is 28.6 Å². The Labute approximate surface area is 146 Å². The molecule has 1 aliphatic heterocycles. The molecule has 2 aromatic carbocycles. The van der Waals surface area contributed by atoms with Gasteiger partial charge in [-0.25, -0.2) is 9.97 Å². The number of aryl methyl sites for hydroxylation is 1. The average Bonchev–Trinajstić information content (AvgIpc) is 3.48. The third-order valence-corrected chi connectivity index (χ3v) is 3.85. The highest BCUT2D eigenvalue weighted by Gasteiger charge is 2.22. The molecule has 3 aromatic rings. The Bertz CT molecular complexity index is 826. The van der Waals surface area contributed by atoms with Gasteiger partial charge in [0.2, 0.25) is 0 Å². The fourth-order valence-corrected chi connectivity index (χ4v) is 2.35. The number of benzene rings is 2. The number of ether oxygens (including phenoxy) is 3. The molecule has 0 amide bonds. The Morgan fingerprint density at radius 3 is 2.04 bits per heavy atom.